The number of hydrogen-bond donors (Lipinski definition) is 1. The Labute approximate surface area is 313 Å². The van der Waals surface area contributed by atoms with Gasteiger partial charge in [-0.3, -0.25) is 14.4 Å². The molecule has 52 heavy (non-hydrogen) atoms. The molecule has 9 heteroatoms. The molecule has 8 atom stereocenters. The van der Waals surface area contributed by atoms with Crippen LogP contribution in [0.1, 0.15) is 132 Å². The number of fused-ring (bicyclic) bond motifs is 7. The second kappa shape index (κ2) is 12.3. The van der Waals surface area contributed by atoms with Gasteiger partial charge in [-0.1, -0.05) is 72.2 Å². The summed E-state index contributed by atoms with van der Waals surface area (Å²) in [7, 11) is 0. The number of nitrogens with zero attached hydrogens (tertiary/aromatic N) is 2. The molecule has 1 aromatic carbocycles. The van der Waals surface area contributed by atoms with Gasteiger partial charge in [0.15, 0.2) is 5.78 Å². The van der Waals surface area contributed by atoms with E-state index in [9.17, 15) is 19.5 Å². The van der Waals surface area contributed by atoms with E-state index >= 15 is 0 Å². The Morgan fingerprint density at radius 2 is 1.67 bits per heavy atom. The zero-order chi connectivity index (χ0) is 37.8. The van der Waals surface area contributed by atoms with E-state index < -0.39 is 22.8 Å². The van der Waals surface area contributed by atoms with Crippen LogP contribution < -0.4 is 0 Å². The Morgan fingerprint density at radius 1 is 0.962 bits per heavy atom. The Bertz CT molecular complexity index is 1840. The number of carbonyl (C=O) groups is 3. The molecule has 282 valence electrons. The van der Waals surface area contributed by atoms with Crippen LogP contribution in [0.5, 0.6) is 0 Å². The summed E-state index contributed by atoms with van der Waals surface area (Å²) in [4.78, 5) is 39.0. The number of aliphatic carboxylic acids is 1. The van der Waals surface area contributed by atoms with Gasteiger partial charge in [-0.25, -0.2) is 0 Å². The Kier molecular flexibility index (Phi) is 8.80. The summed E-state index contributed by atoms with van der Waals surface area (Å²) in [6, 6.07) is 7.51. The first-order valence-corrected chi connectivity index (χ1v) is 19.9. The molecule has 7 rings (SSSR count). The lowest BCUT2D eigenvalue weighted by Crippen LogP contribution is -2.66. The van der Waals surface area contributed by atoms with Crippen molar-refractivity contribution in [2.75, 3.05) is 0 Å². The number of ketones is 1. The molecule has 4 saturated carbocycles. The predicted molar refractivity (Wildman–Crippen MR) is 199 cm³/mol. The molecule has 5 aliphatic rings. The van der Waals surface area contributed by atoms with Crippen LogP contribution in [0.2, 0.25) is 5.02 Å². The van der Waals surface area contributed by atoms with Gasteiger partial charge in [0, 0.05) is 11.8 Å². The second-order valence-corrected chi connectivity index (χ2v) is 19.8. The van der Waals surface area contributed by atoms with Gasteiger partial charge in [-0.05, 0) is 128 Å². The van der Waals surface area contributed by atoms with E-state index in [0.717, 1.165) is 56.9 Å². The van der Waals surface area contributed by atoms with Crippen molar-refractivity contribution in [3.63, 3.8) is 0 Å². The third-order valence-corrected chi connectivity index (χ3v) is 16.1. The molecule has 4 unspecified atom stereocenters. The van der Waals surface area contributed by atoms with Crippen molar-refractivity contribution in [1.82, 2.24) is 10.2 Å². The fourth-order valence-electron chi connectivity index (χ4n) is 12.9. The molecule has 1 aromatic heterocycles. The number of allylic oxidation sites excluding steroid dienone is 2. The standard InChI is InChI=1S/C43H57ClN2O6/c1-24(2)33-28(47)22-43(36-46-45-35(52-36)25-12-10-11-13-27(25)44)21-20-41(8)26(34(33)43)14-15-30-40(7)18-17-31(51-32(48)23-38(3,4)37(49)50)39(5,6)29(40)16-19-42(30,41)9/h10-13,24,26,29-31H,14-23H2,1-9H3,(H,49,50)/t26?,29-,30+,31?,40?,41+,42?,43+/m0/s1. The van der Waals surface area contributed by atoms with Gasteiger partial charge in [-0.15, -0.1) is 10.2 Å². The number of halogens is 1. The van der Waals surface area contributed by atoms with Crippen LogP contribution in [-0.4, -0.2) is 39.1 Å². The SMILES string of the molecule is CC(C)C1=C2C3CC[C@@H]4C5(C)CCC(OC(=O)CC(C)(C)C(=O)O)C(C)(C)[C@@H]5CCC4(C)[C@]3(C)CC[C@@]2(c2nnc(-c3ccccc3Cl)o2)CC1=O. The van der Waals surface area contributed by atoms with E-state index in [1.807, 2.05) is 24.3 Å². The third-order valence-electron chi connectivity index (χ3n) is 15.7. The van der Waals surface area contributed by atoms with Crippen molar-refractivity contribution < 1.29 is 28.6 Å². The van der Waals surface area contributed by atoms with E-state index in [1.54, 1.807) is 13.8 Å². The molecule has 2 aromatic rings. The number of aromatic nitrogens is 2. The summed E-state index contributed by atoms with van der Waals surface area (Å²) < 4.78 is 12.7. The first-order chi connectivity index (χ1) is 24.2. The molecular formula is C43H57ClN2O6. The highest BCUT2D eigenvalue weighted by atomic mass is 35.5. The van der Waals surface area contributed by atoms with Crippen LogP contribution in [0.3, 0.4) is 0 Å². The molecule has 1 N–H and O–H groups in total. The van der Waals surface area contributed by atoms with Crippen molar-refractivity contribution in [2.45, 2.75) is 138 Å². The molecule has 0 aliphatic heterocycles. The number of hydrogen-bond acceptors (Lipinski definition) is 7. The molecule has 0 radical (unpaired) electrons. The molecular weight excluding hydrogens is 676 g/mol. The largest absolute Gasteiger partial charge is 0.481 e. The smallest absolute Gasteiger partial charge is 0.309 e. The fourth-order valence-corrected chi connectivity index (χ4v) is 13.1. The van der Waals surface area contributed by atoms with Gasteiger partial charge in [0.05, 0.1) is 27.8 Å². The summed E-state index contributed by atoms with van der Waals surface area (Å²) in [5.41, 5.74) is 0.987. The molecule has 0 saturated heterocycles. The lowest BCUT2D eigenvalue weighted by Gasteiger charge is -2.72. The van der Waals surface area contributed by atoms with Crippen molar-refractivity contribution in [2.24, 2.45) is 50.7 Å². The average molecular weight is 733 g/mol. The number of carboxylic acids is 1. The molecule has 0 bridgehead atoms. The zero-order valence-corrected chi connectivity index (χ0v) is 33.3. The summed E-state index contributed by atoms with van der Waals surface area (Å²) in [5, 5.41) is 19.4. The van der Waals surface area contributed by atoms with Crippen LogP contribution >= 0.6 is 11.6 Å². The van der Waals surface area contributed by atoms with Gasteiger partial charge in [0.25, 0.3) is 0 Å². The van der Waals surface area contributed by atoms with Crippen LogP contribution in [0.4, 0.5) is 0 Å². The van der Waals surface area contributed by atoms with E-state index in [-0.39, 0.29) is 51.8 Å². The quantitative estimate of drug-likeness (QED) is 0.279. The fraction of sp³-hybridized carbons (Fsp3) is 0.698. The minimum atomic E-state index is -1.17. The summed E-state index contributed by atoms with van der Waals surface area (Å²) in [5.74, 6) is 0.904. The van der Waals surface area contributed by atoms with E-state index in [1.165, 1.54) is 5.57 Å². The number of rotatable bonds is 7. The maximum atomic E-state index is 14.1. The predicted octanol–water partition coefficient (Wildman–Crippen LogP) is 10.0. The van der Waals surface area contributed by atoms with Crippen molar-refractivity contribution in [3.8, 4) is 11.5 Å². The zero-order valence-electron chi connectivity index (χ0n) is 32.5. The van der Waals surface area contributed by atoms with Crippen LogP contribution in [-0.2, 0) is 24.5 Å². The van der Waals surface area contributed by atoms with Crippen LogP contribution in [0.15, 0.2) is 39.8 Å². The normalized spacial score (nSPS) is 36.9. The highest BCUT2D eigenvalue weighted by Gasteiger charge is 2.71. The number of esters is 1. The molecule has 1 heterocycles. The molecule has 5 aliphatic carbocycles. The number of carboxylic acid groups (broad SMARTS) is 1. The molecule has 0 amide bonds. The second-order valence-electron chi connectivity index (χ2n) is 19.4. The minimum Gasteiger partial charge on any atom is -0.481 e. The number of ether oxygens (including phenoxy) is 1. The van der Waals surface area contributed by atoms with Gasteiger partial charge in [0.1, 0.15) is 6.10 Å². The van der Waals surface area contributed by atoms with Gasteiger partial charge in [-0.2, -0.15) is 0 Å². The topological polar surface area (TPSA) is 120 Å². The monoisotopic (exact) mass is 732 g/mol. The Morgan fingerprint density at radius 3 is 2.35 bits per heavy atom. The van der Waals surface area contributed by atoms with Crippen molar-refractivity contribution in [3.05, 3.63) is 46.3 Å². The van der Waals surface area contributed by atoms with Crippen LogP contribution in [0.25, 0.3) is 11.5 Å². The highest BCUT2D eigenvalue weighted by Crippen LogP contribution is 2.76. The lowest BCUT2D eigenvalue weighted by molar-refractivity contribution is -0.232. The first-order valence-electron chi connectivity index (χ1n) is 19.5. The van der Waals surface area contributed by atoms with Gasteiger partial charge >= 0.3 is 11.9 Å². The van der Waals surface area contributed by atoms with Crippen molar-refractivity contribution >= 4 is 29.3 Å². The molecule has 4 fully saturated rings. The Balaban J connectivity index is 1.21. The van der Waals surface area contributed by atoms with E-state index in [0.29, 0.717) is 40.6 Å². The number of carbonyl (C=O) groups excluding carboxylic acids is 2. The Hall–Kier alpha value is -3.00. The molecule has 0 spiro atoms. The maximum absolute atomic E-state index is 14.1. The van der Waals surface area contributed by atoms with E-state index in [2.05, 4.69) is 58.7 Å². The average Bonchev–Trinajstić information content (AvgIpc) is 3.66. The molecule has 8 nitrogen and oxygen atoms in total. The minimum absolute atomic E-state index is 0.0328. The third kappa shape index (κ3) is 5.22. The lowest BCUT2D eigenvalue weighted by atomic mass is 9.33. The summed E-state index contributed by atoms with van der Waals surface area (Å²) >= 11 is 6.55. The van der Waals surface area contributed by atoms with E-state index in [4.69, 9.17) is 20.8 Å². The van der Waals surface area contributed by atoms with Gasteiger partial charge < -0.3 is 14.3 Å². The summed E-state index contributed by atoms with van der Waals surface area (Å²) in [6.45, 7) is 19.6. The summed E-state index contributed by atoms with van der Waals surface area (Å²) in [6.07, 6.45) is 7.70. The number of benzene rings is 1. The highest BCUT2D eigenvalue weighted by molar-refractivity contribution is 6.33. The van der Waals surface area contributed by atoms with Crippen molar-refractivity contribution in [1.29, 1.82) is 0 Å². The first kappa shape index (κ1) is 37.3. The van der Waals surface area contributed by atoms with Crippen LogP contribution in [0, 0.1) is 50.7 Å². The van der Waals surface area contributed by atoms with Gasteiger partial charge in [0.2, 0.25) is 11.8 Å². The number of Topliss-reactive ketones (excluding diaryl/α,β-unsaturated/α-hetero) is 1. The maximum Gasteiger partial charge on any atom is 0.309 e.